The van der Waals surface area contributed by atoms with Crippen molar-refractivity contribution in [2.45, 2.75) is 26.5 Å². The van der Waals surface area contributed by atoms with E-state index >= 15 is 0 Å². The molecule has 0 bridgehead atoms. The van der Waals surface area contributed by atoms with Crippen molar-refractivity contribution in [3.05, 3.63) is 47.1 Å². The van der Waals surface area contributed by atoms with Crippen molar-refractivity contribution in [1.29, 1.82) is 0 Å². The van der Waals surface area contributed by atoms with E-state index in [1.54, 1.807) is 6.92 Å². The number of benzene rings is 1. The maximum absolute atomic E-state index is 8.93. The van der Waals surface area contributed by atoms with Crippen molar-refractivity contribution in [2.24, 2.45) is 0 Å². The molecule has 1 aromatic heterocycles. The molecule has 18 heavy (non-hydrogen) atoms. The molecule has 2 rings (SSSR count). The zero-order valence-electron chi connectivity index (χ0n) is 10.4. The molecule has 5 nitrogen and oxygen atoms in total. The van der Waals surface area contributed by atoms with Gasteiger partial charge in [0.05, 0.1) is 6.61 Å². The van der Waals surface area contributed by atoms with Crippen LogP contribution >= 0.6 is 0 Å². The Kier molecular flexibility index (Phi) is 4.44. The second-order valence-electron chi connectivity index (χ2n) is 4.13. The first-order valence-corrected chi connectivity index (χ1v) is 5.96. The molecule has 2 aromatic rings. The first-order chi connectivity index (χ1) is 8.78. The molecule has 0 aliphatic rings. The van der Waals surface area contributed by atoms with Crippen molar-refractivity contribution in [1.82, 2.24) is 15.5 Å². The highest BCUT2D eigenvalue weighted by molar-refractivity contribution is 5.21. The summed E-state index contributed by atoms with van der Waals surface area (Å²) in [4.78, 5) is 4.13. The number of aliphatic hydroxyl groups is 1. The molecule has 0 spiro atoms. The van der Waals surface area contributed by atoms with Gasteiger partial charge >= 0.3 is 0 Å². The van der Waals surface area contributed by atoms with Crippen LogP contribution in [0.1, 0.15) is 22.8 Å². The van der Waals surface area contributed by atoms with Gasteiger partial charge in [-0.1, -0.05) is 29.4 Å². The Bertz CT molecular complexity index is 479. The van der Waals surface area contributed by atoms with Crippen LogP contribution in [0.4, 0.5) is 0 Å². The fourth-order valence-corrected chi connectivity index (χ4v) is 1.64. The highest BCUT2D eigenvalue weighted by atomic mass is 16.5. The minimum Gasteiger partial charge on any atom is -0.392 e. The number of nitrogens with zero attached hydrogens (tertiary/aromatic N) is 2. The Balaban J connectivity index is 1.71. The molecule has 0 fully saturated rings. The van der Waals surface area contributed by atoms with E-state index in [1.807, 2.05) is 24.3 Å². The molecular formula is C13H17N3O2. The van der Waals surface area contributed by atoms with Gasteiger partial charge in [0.2, 0.25) is 5.89 Å². The topological polar surface area (TPSA) is 71.2 Å². The van der Waals surface area contributed by atoms with Crippen LogP contribution < -0.4 is 5.32 Å². The summed E-state index contributed by atoms with van der Waals surface area (Å²) in [5.41, 5.74) is 2.12. The van der Waals surface area contributed by atoms with E-state index in [-0.39, 0.29) is 6.61 Å². The molecule has 0 unspecified atom stereocenters. The summed E-state index contributed by atoms with van der Waals surface area (Å²) in [6, 6.07) is 7.88. The molecule has 0 atom stereocenters. The Morgan fingerprint density at radius 1 is 1.22 bits per heavy atom. The highest BCUT2D eigenvalue weighted by Gasteiger charge is 2.01. The molecule has 96 valence electrons. The smallest absolute Gasteiger partial charge is 0.223 e. The van der Waals surface area contributed by atoms with Gasteiger partial charge in [-0.3, -0.25) is 0 Å². The number of hydrogen-bond acceptors (Lipinski definition) is 5. The highest BCUT2D eigenvalue weighted by Crippen LogP contribution is 2.04. The SMILES string of the molecule is Cc1nc(CCNCc2ccc(CO)cc2)no1. The normalized spacial score (nSPS) is 10.8. The largest absolute Gasteiger partial charge is 0.392 e. The predicted molar refractivity (Wildman–Crippen MR) is 66.8 cm³/mol. The molecule has 0 saturated carbocycles. The Morgan fingerprint density at radius 2 is 1.94 bits per heavy atom. The lowest BCUT2D eigenvalue weighted by atomic mass is 10.1. The maximum Gasteiger partial charge on any atom is 0.223 e. The monoisotopic (exact) mass is 247 g/mol. The Hall–Kier alpha value is -1.72. The minimum absolute atomic E-state index is 0.0882. The minimum atomic E-state index is 0.0882. The van der Waals surface area contributed by atoms with E-state index in [0.717, 1.165) is 30.9 Å². The summed E-state index contributed by atoms with van der Waals surface area (Å²) in [7, 11) is 0. The number of aryl methyl sites for hydroxylation is 1. The van der Waals surface area contributed by atoms with E-state index < -0.39 is 0 Å². The summed E-state index contributed by atoms with van der Waals surface area (Å²) >= 11 is 0. The average Bonchev–Trinajstić information content (AvgIpc) is 2.81. The summed E-state index contributed by atoms with van der Waals surface area (Å²) in [5.74, 6) is 1.33. The Morgan fingerprint density at radius 3 is 2.56 bits per heavy atom. The van der Waals surface area contributed by atoms with Crippen molar-refractivity contribution in [3.63, 3.8) is 0 Å². The van der Waals surface area contributed by atoms with Gasteiger partial charge in [0.15, 0.2) is 5.82 Å². The van der Waals surface area contributed by atoms with Crippen molar-refractivity contribution >= 4 is 0 Å². The maximum atomic E-state index is 8.93. The zero-order chi connectivity index (χ0) is 12.8. The van der Waals surface area contributed by atoms with E-state index in [1.165, 1.54) is 5.56 Å². The lowest BCUT2D eigenvalue weighted by molar-refractivity contribution is 0.282. The summed E-state index contributed by atoms with van der Waals surface area (Å²) in [6.07, 6.45) is 0.756. The number of aliphatic hydroxyl groups excluding tert-OH is 1. The zero-order valence-corrected chi connectivity index (χ0v) is 10.4. The number of nitrogens with one attached hydrogen (secondary N) is 1. The van der Waals surface area contributed by atoms with Gasteiger partial charge in [0.25, 0.3) is 0 Å². The van der Waals surface area contributed by atoms with Crippen LogP contribution in [0.3, 0.4) is 0 Å². The fraction of sp³-hybridized carbons (Fsp3) is 0.385. The molecule has 0 saturated heterocycles. The molecule has 5 heteroatoms. The third-order valence-corrected chi connectivity index (χ3v) is 2.63. The lowest BCUT2D eigenvalue weighted by Gasteiger charge is -2.04. The van der Waals surface area contributed by atoms with E-state index in [9.17, 15) is 0 Å². The molecule has 0 aliphatic heterocycles. The average molecular weight is 247 g/mol. The fourth-order valence-electron chi connectivity index (χ4n) is 1.64. The first kappa shape index (κ1) is 12.7. The number of aromatic nitrogens is 2. The van der Waals surface area contributed by atoms with Crippen molar-refractivity contribution in [2.75, 3.05) is 6.54 Å². The summed E-state index contributed by atoms with van der Waals surface area (Å²) in [6.45, 7) is 3.47. The number of rotatable bonds is 6. The van der Waals surface area contributed by atoms with Crippen LogP contribution in [0, 0.1) is 6.92 Å². The van der Waals surface area contributed by atoms with Gasteiger partial charge in [0.1, 0.15) is 0 Å². The van der Waals surface area contributed by atoms with Crippen LogP contribution in [0.25, 0.3) is 0 Å². The third-order valence-electron chi connectivity index (χ3n) is 2.63. The van der Waals surface area contributed by atoms with Crippen LogP contribution in [0.2, 0.25) is 0 Å². The van der Waals surface area contributed by atoms with Gasteiger partial charge < -0.3 is 14.9 Å². The standard InChI is InChI=1S/C13H17N3O2/c1-10-15-13(16-18-10)6-7-14-8-11-2-4-12(9-17)5-3-11/h2-5,14,17H,6-9H2,1H3. The van der Waals surface area contributed by atoms with Crippen LogP contribution in [0.15, 0.2) is 28.8 Å². The first-order valence-electron chi connectivity index (χ1n) is 5.96. The van der Waals surface area contributed by atoms with E-state index in [4.69, 9.17) is 9.63 Å². The Labute approximate surface area is 106 Å². The van der Waals surface area contributed by atoms with Gasteiger partial charge in [-0.15, -0.1) is 0 Å². The van der Waals surface area contributed by atoms with Gasteiger partial charge in [-0.25, -0.2) is 0 Å². The molecule has 0 radical (unpaired) electrons. The van der Waals surface area contributed by atoms with Gasteiger partial charge in [0, 0.05) is 26.4 Å². The molecule has 1 heterocycles. The molecule has 0 aliphatic carbocycles. The molecular weight excluding hydrogens is 230 g/mol. The van der Waals surface area contributed by atoms with E-state index in [2.05, 4.69) is 15.5 Å². The lowest BCUT2D eigenvalue weighted by Crippen LogP contribution is -2.17. The summed E-state index contributed by atoms with van der Waals surface area (Å²) in [5, 5.41) is 16.1. The van der Waals surface area contributed by atoms with Crippen molar-refractivity contribution in [3.8, 4) is 0 Å². The second kappa shape index (κ2) is 6.28. The van der Waals surface area contributed by atoms with Gasteiger partial charge in [-0.05, 0) is 11.1 Å². The quantitative estimate of drug-likeness (QED) is 0.751. The predicted octanol–water partition coefficient (Wildman–Crippen LogP) is 1.20. The second-order valence-corrected chi connectivity index (χ2v) is 4.13. The molecule has 2 N–H and O–H groups in total. The molecule has 0 amide bonds. The van der Waals surface area contributed by atoms with E-state index in [0.29, 0.717) is 5.89 Å². The van der Waals surface area contributed by atoms with Crippen molar-refractivity contribution < 1.29 is 9.63 Å². The van der Waals surface area contributed by atoms with Crippen LogP contribution in [-0.4, -0.2) is 21.8 Å². The van der Waals surface area contributed by atoms with Gasteiger partial charge in [-0.2, -0.15) is 4.98 Å². The molecule has 1 aromatic carbocycles. The number of hydrogen-bond donors (Lipinski definition) is 2. The van der Waals surface area contributed by atoms with Crippen LogP contribution in [0.5, 0.6) is 0 Å². The third kappa shape index (κ3) is 3.65. The van der Waals surface area contributed by atoms with Crippen LogP contribution in [-0.2, 0) is 19.6 Å². The summed E-state index contributed by atoms with van der Waals surface area (Å²) < 4.78 is 4.89.